The van der Waals surface area contributed by atoms with Crippen LogP contribution in [0.4, 0.5) is 16.4 Å². The lowest BCUT2D eigenvalue weighted by Gasteiger charge is -2.49. The fourth-order valence-corrected chi connectivity index (χ4v) is 7.71. The van der Waals surface area contributed by atoms with Crippen molar-refractivity contribution in [3.05, 3.63) is 76.1 Å². The summed E-state index contributed by atoms with van der Waals surface area (Å²) in [7, 11) is 0. The topological polar surface area (TPSA) is 237 Å². The number of amides is 4. The number of aromatic hydroxyl groups is 1. The SMILES string of the molecule is CC=CCNc1ncc(N(C(N)=O)C(C(=O)NC2C(=O)N3C(C(=O)O)=C(CSc4ncns4)CS[C@@H]23)c2ccc(O)cc2)c(=O)[nH]1. The molecule has 3 aromatic rings. The van der Waals surface area contributed by atoms with Crippen LogP contribution in [0.5, 0.6) is 5.75 Å². The van der Waals surface area contributed by atoms with Crippen LogP contribution in [0, 0.1) is 0 Å². The number of carbonyl (C=O) groups excluding carboxylic acids is 3. The summed E-state index contributed by atoms with van der Waals surface area (Å²) in [6, 6.07) is 1.40. The van der Waals surface area contributed by atoms with E-state index in [2.05, 4.69) is 30.0 Å². The van der Waals surface area contributed by atoms with E-state index in [4.69, 9.17) is 5.73 Å². The number of anilines is 2. The van der Waals surface area contributed by atoms with E-state index >= 15 is 0 Å². The van der Waals surface area contributed by atoms with E-state index in [1.807, 2.05) is 6.92 Å². The largest absolute Gasteiger partial charge is 0.508 e. The molecule has 7 N–H and O–H groups in total. The second-order valence-corrected chi connectivity index (χ2v) is 12.9. The monoisotopic (exact) mass is 685 g/mol. The average Bonchev–Trinajstić information content (AvgIpc) is 3.55. The first kappa shape index (κ1) is 32.5. The number of aliphatic carboxylic acids is 1. The number of phenolic OH excluding ortho intramolecular Hbond substituents is 1. The molecule has 19 heteroatoms. The molecule has 3 atom stereocenters. The molecule has 2 aliphatic heterocycles. The van der Waals surface area contributed by atoms with Crippen LogP contribution in [-0.4, -0.2) is 87.7 Å². The minimum absolute atomic E-state index is 0.111. The molecule has 2 unspecified atom stereocenters. The lowest BCUT2D eigenvalue weighted by Crippen LogP contribution is -2.71. The van der Waals surface area contributed by atoms with Crippen LogP contribution in [0.25, 0.3) is 0 Å². The van der Waals surface area contributed by atoms with Crippen molar-refractivity contribution in [2.45, 2.75) is 28.7 Å². The van der Waals surface area contributed by atoms with Crippen molar-refractivity contribution < 1.29 is 29.4 Å². The van der Waals surface area contributed by atoms with Crippen LogP contribution in [0.3, 0.4) is 0 Å². The van der Waals surface area contributed by atoms with Crippen LogP contribution < -0.4 is 26.8 Å². The highest BCUT2D eigenvalue weighted by Gasteiger charge is 2.54. The van der Waals surface area contributed by atoms with Crippen LogP contribution >= 0.6 is 35.1 Å². The number of allylic oxidation sites excluding steroid dienone is 1. The Hall–Kier alpha value is -4.88. The summed E-state index contributed by atoms with van der Waals surface area (Å²) in [6.07, 6.45) is 6.07. The van der Waals surface area contributed by atoms with Gasteiger partial charge in [-0.15, -0.1) is 11.8 Å². The normalized spacial score (nSPS) is 18.1. The number of urea groups is 1. The van der Waals surface area contributed by atoms with Gasteiger partial charge in [0.1, 0.15) is 40.9 Å². The van der Waals surface area contributed by atoms with E-state index in [0.29, 0.717) is 16.5 Å². The lowest BCUT2D eigenvalue weighted by molar-refractivity contribution is -0.150. The van der Waals surface area contributed by atoms with Gasteiger partial charge in [0, 0.05) is 18.1 Å². The maximum Gasteiger partial charge on any atom is 0.352 e. The molecule has 2 aromatic heterocycles. The molecule has 0 bridgehead atoms. The zero-order chi connectivity index (χ0) is 33.0. The minimum atomic E-state index is -1.58. The molecule has 46 heavy (non-hydrogen) atoms. The first-order valence-corrected chi connectivity index (χ1v) is 16.3. The van der Waals surface area contributed by atoms with Crippen molar-refractivity contribution in [1.82, 2.24) is 29.5 Å². The summed E-state index contributed by atoms with van der Waals surface area (Å²) in [5, 5.41) is 24.6. The molecule has 5 rings (SSSR count). The summed E-state index contributed by atoms with van der Waals surface area (Å²) in [5.41, 5.74) is 5.10. The number of phenols is 1. The van der Waals surface area contributed by atoms with Gasteiger partial charge in [0.15, 0.2) is 4.34 Å². The third-order valence-electron chi connectivity index (χ3n) is 6.87. The minimum Gasteiger partial charge on any atom is -0.508 e. The van der Waals surface area contributed by atoms with Crippen molar-refractivity contribution in [1.29, 1.82) is 0 Å². The molecule has 2 aliphatic rings. The molecule has 16 nitrogen and oxygen atoms in total. The zero-order valence-corrected chi connectivity index (χ0v) is 26.4. The molecule has 0 saturated carbocycles. The lowest BCUT2D eigenvalue weighted by atomic mass is 10.00. The third kappa shape index (κ3) is 6.70. The number of hydrogen-bond donors (Lipinski definition) is 6. The number of carbonyl (C=O) groups is 4. The van der Waals surface area contributed by atoms with E-state index in [1.165, 1.54) is 65.6 Å². The number of hydrogen-bond acceptors (Lipinski definition) is 13. The number of β-lactam (4-membered cyclic amide) rings is 1. The maximum atomic E-state index is 13.9. The first-order valence-electron chi connectivity index (χ1n) is 13.5. The van der Waals surface area contributed by atoms with Gasteiger partial charge in [0.25, 0.3) is 11.5 Å². The van der Waals surface area contributed by atoms with Gasteiger partial charge >= 0.3 is 12.0 Å². The average molecular weight is 686 g/mol. The number of rotatable bonds is 12. The fourth-order valence-electron chi connectivity index (χ4n) is 4.78. The van der Waals surface area contributed by atoms with E-state index in [-0.39, 0.29) is 40.2 Å². The molecule has 4 heterocycles. The van der Waals surface area contributed by atoms with Gasteiger partial charge in [-0.05, 0) is 41.7 Å². The van der Waals surface area contributed by atoms with Gasteiger partial charge < -0.3 is 26.6 Å². The van der Waals surface area contributed by atoms with Gasteiger partial charge in [-0.25, -0.2) is 19.6 Å². The summed E-state index contributed by atoms with van der Waals surface area (Å²) < 4.78 is 4.58. The van der Waals surface area contributed by atoms with Crippen molar-refractivity contribution in [3.63, 3.8) is 0 Å². The molecule has 240 valence electrons. The number of H-pyrrole nitrogens is 1. The highest BCUT2D eigenvalue weighted by molar-refractivity contribution is 8.01. The van der Waals surface area contributed by atoms with Gasteiger partial charge in [0.05, 0.1) is 6.20 Å². The quantitative estimate of drug-likeness (QED) is 0.0901. The van der Waals surface area contributed by atoms with Gasteiger partial charge in [-0.1, -0.05) is 36.0 Å². The number of aromatic nitrogens is 4. The van der Waals surface area contributed by atoms with E-state index in [9.17, 15) is 34.2 Å². The van der Waals surface area contributed by atoms with Gasteiger partial charge in [-0.2, -0.15) is 4.37 Å². The van der Waals surface area contributed by atoms with Gasteiger partial charge in [-0.3, -0.25) is 29.2 Å². The second-order valence-electron chi connectivity index (χ2n) is 9.75. The Labute approximate surface area is 273 Å². The Balaban J connectivity index is 1.42. The summed E-state index contributed by atoms with van der Waals surface area (Å²) in [5.74, 6) is -2.28. The van der Waals surface area contributed by atoms with Crippen LogP contribution in [-0.2, 0) is 14.4 Å². The third-order valence-corrected chi connectivity index (χ3v) is 10.1. The van der Waals surface area contributed by atoms with Crippen LogP contribution in [0.2, 0.25) is 0 Å². The number of carboxylic acid groups (broad SMARTS) is 1. The highest BCUT2D eigenvalue weighted by atomic mass is 32.2. The predicted molar refractivity (Wildman–Crippen MR) is 171 cm³/mol. The standard InChI is InChI=1S/C27H27N9O7S3/c1-2-3-8-29-26-30-9-16(20(38)34-26)35(25(28)43)18(13-4-6-15(37)7-5-13)21(39)33-17-22(40)36-19(24(41)42)14(10-44-23(17)36)11-45-27-31-12-32-46-27/h2-7,9,12,17-18,23,37H,8,10-11H2,1H3,(H2,28,43)(H,33,39)(H,41,42)(H2,29,30,34,38)/t17?,18?,23-/m0/s1. The smallest absolute Gasteiger partial charge is 0.352 e. The fraction of sp³-hybridized carbons (Fsp3) is 0.259. The molecular weight excluding hydrogens is 659 g/mol. The number of carboxylic acids is 1. The number of nitrogens with zero attached hydrogens (tertiary/aromatic N) is 5. The molecule has 1 saturated heterocycles. The molecule has 1 fully saturated rings. The Bertz CT molecular complexity index is 1760. The van der Waals surface area contributed by atoms with Gasteiger partial charge in [0.2, 0.25) is 11.9 Å². The maximum absolute atomic E-state index is 13.9. The first-order chi connectivity index (χ1) is 22.1. The number of benzene rings is 1. The Morgan fingerprint density at radius 3 is 2.65 bits per heavy atom. The van der Waals surface area contributed by atoms with E-state index in [0.717, 1.165) is 16.0 Å². The summed E-state index contributed by atoms with van der Waals surface area (Å²) in [4.78, 5) is 78.1. The second kappa shape index (κ2) is 14.0. The van der Waals surface area contributed by atoms with Crippen molar-refractivity contribution in [2.24, 2.45) is 5.73 Å². The van der Waals surface area contributed by atoms with E-state index in [1.54, 1.807) is 12.2 Å². The predicted octanol–water partition coefficient (Wildman–Crippen LogP) is 1.47. The van der Waals surface area contributed by atoms with Crippen LogP contribution in [0.1, 0.15) is 18.5 Å². The summed E-state index contributed by atoms with van der Waals surface area (Å²) >= 11 is 3.75. The number of fused-ring (bicyclic) bond motifs is 1. The summed E-state index contributed by atoms with van der Waals surface area (Å²) in [6.45, 7) is 2.19. The molecule has 0 spiro atoms. The molecular formula is C27H27N9O7S3. The number of thioether (sulfide) groups is 2. The Morgan fingerprint density at radius 2 is 2.02 bits per heavy atom. The number of primary amides is 1. The zero-order valence-electron chi connectivity index (χ0n) is 23.9. The molecule has 0 aliphatic carbocycles. The number of aromatic amines is 1. The molecule has 1 aromatic carbocycles. The Kier molecular flexibility index (Phi) is 9.93. The number of nitrogens with two attached hydrogens (primary N) is 1. The number of nitrogens with one attached hydrogen (secondary N) is 3. The molecule has 0 radical (unpaired) electrons. The van der Waals surface area contributed by atoms with Crippen LogP contribution in [0.15, 0.2) is 69.3 Å². The molecule has 4 amide bonds. The Morgan fingerprint density at radius 1 is 1.26 bits per heavy atom. The van der Waals surface area contributed by atoms with E-state index < -0.39 is 46.8 Å². The van der Waals surface area contributed by atoms with Crippen molar-refractivity contribution >= 4 is 70.5 Å². The van der Waals surface area contributed by atoms with Crippen molar-refractivity contribution in [2.75, 3.05) is 28.3 Å². The highest BCUT2D eigenvalue weighted by Crippen LogP contribution is 2.42. The van der Waals surface area contributed by atoms with Crippen molar-refractivity contribution in [3.8, 4) is 5.75 Å².